The third-order valence-corrected chi connectivity index (χ3v) is 4.31. The standard InChI is InChI=1S/C15H13Cl2N5O/c16-12-8-18-15(17)20-14(12)11-7-19-22-9-10(1-2-13(11)22)21-3-5-23-6-4-21/h1-2,7-9H,3-6H2. The van der Waals surface area contributed by atoms with Crippen molar-refractivity contribution in [3.63, 3.8) is 0 Å². The molecular weight excluding hydrogens is 337 g/mol. The van der Waals surface area contributed by atoms with E-state index in [2.05, 4.69) is 26.0 Å². The van der Waals surface area contributed by atoms with Crippen molar-refractivity contribution < 1.29 is 4.74 Å². The first-order valence-corrected chi connectivity index (χ1v) is 7.96. The Morgan fingerprint density at radius 3 is 2.74 bits per heavy atom. The highest BCUT2D eigenvalue weighted by molar-refractivity contribution is 6.33. The van der Waals surface area contributed by atoms with Crippen LogP contribution in [-0.2, 0) is 4.74 Å². The minimum absolute atomic E-state index is 0.161. The zero-order valence-electron chi connectivity index (χ0n) is 12.1. The molecule has 6 nitrogen and oxygen atoms in total. The lowest BCUT2D eigenvalue weighted by atomic mass is 10.2. The Morgan fingerprint density at radius 2 is 1.91 bits per heavy atom. The fraction of sp³-hybridized carbons (Fsp3) is 0.267. The van der Waals surface area contributed by atoms with E-state index in [-0.39, 0.29) is 5.28 Å². The number of hydrogen-bond acceptors (Lipinski definition) is 5. The first-order valence-electron chi connectivity index (χ1n) is 7.21. The molecule has 0 aromatic carbocycles. The summed E-state index contributed by atoms with van der Waals surface area (Å²) in [6.45, 7) is 3.26. The quantitative estimate of drug-likeness (QED) is 0.665. The summed E-state index contributed by atoms with van der Waals surface area (Å²) >= 11 is 12.1. The van der Waals surface area contributed by atoms with Crippen LogP contribution in [0.2, 0.25) is 10.3 Å². The lowest BCUT2D eigenvalue weighted by Crippen LogP contribution is -2.36. The van der Waals surface area contributed by atoms with E-state index in [4.69, 9.17) is 27.9 Å². The van der Waals surface area contributed by atoms with Gasteiger partial charge in [0, 0.05) is 18.7 Å². The number of aromatic nitrogens is 4. The van der Waals surface area contributed by atoms with Crippen molar-refractivity contribution in [1.29, 1.82) is 0 Å². The van der Waals surface area contributed by atoms with Crippen molar-refractivity contribution in [2.45, 2.75) is 0 Å². The first kappa shape index (κ1) is 14.7. The predicted octanol–water partition coefficient (Wildman–Crippen LogP) is 2.93. The van der Waals surface area contributed by atoms with E-state index < -0.39 is 0 Å². The molecule has 23 heavy (non-hydrogen) atoms. The van der Waals surface area contributed by atoms with Crippen LogP contribution < -0.4 is 4.90 Å². The maximum atomic E-state index is 6.20. The second kappa shape index (κ2) is 5.96. The van der Waals surface area contributed by atoms with Gasteiger partial charge in [0.15, 0.2) is 0 Å². The molecule has 0 spiro atoms. The molecule has 1 aliphatic rings. The molecule has 3 aromatic heterocycles. The smallest absolute Gasteiger partial charge is 0.222 e. The van der Waals surface area contributed by atoms with E-state index in [0.717, 1.165) is 43.1 Å². The number of ether oxygens (including phenoxy) is 1. The molecule has 8 heteroatoms. The number of fused-ring (bicyclic) bond motifs is 1. The topological polar surface area (TPSA) is 55.5 Å². The Morgan fingerprint density at radius 1 is 1.09 bits per heavy atom. The number of rotatable bonds is 2. The van der Waals surface area contributed by atoms with E-state index in [9.17, 15) is 0 Å². The van der Waals surface area contributed by atoms with Crippen LogP contribution in [0.15, 0.2) is 30.7 Å². The lowest BCUT2D eigenvalue weighted by Gasteiger charge is -2.28. The molecule has 1 fully saturated rings. The Hall–Kier alpha value is -1.89. The average Bonchev–Trinajstić information content (AvgIpc) is 3.01. The van der Waals surface area contributed by atoms with Gasteiger partial charge in [-0.1, -0.05) is 11.6 Å². The Bertz CT molecular complexity index is 860. The third kappa shape index (κ3) is 2.73. The van der Waals surface area contributed by atoms with Gasteiger partial charge in [0.1, 0.15) is 0 Å². The van der Waals surface area contributed by atoms with Gasteiger partial charge in [-0.15, -0.1) is 0 Å². The molecule has 3 aromatic rings. The normalized spacial score (nSPS) is 15.3. The molecule has 0 radical (unpaired) electrons. The van der Waals surface area contributed by atoms with Gasteiger partial charge in [0.25, 0.3) is 0 Å². The van der Waals surface area contributed by atoms with Crippen molar-refractivity contribution >= 4 is 34.4 Å². The van der Waals surface area contributed by atoms with Gasteiger partial charge >= 0.3 is 0 Å². The summed E-state index contributed by atoms with van der Waals surface area (Å²) in [5.74, 6) is 0. The molecule has 0 unspecified atom stereocenters. The molecule has 4 heterocycles. The van der Waals surface area contributed by atoms with Crippen LogP contribution >= 0.6 is 23.2 Å². The van der Waals surface area contributed by atoms with Crippen LogP contribution in [0, 0.1) is 0 Å². The molecule has 1 saturated heterocycles. The second-order valence-electron chi connectivity index (χ2n) is 5.21. The first-order chi connectivity index (χ1) is 11.2. The van der Waals surface area contributed by atoms with Gasteiger partial charge in [-0.25, -0.2) is 14.5 Å². The van der Waals surface area contributed by atoms with E-state index in [1.807, 2.05) is 16.8 Å². The number of pyridine rings is 1. The fourth-order valence-corrected chi connectivity index (χ4v) is 3.03. The van der Waals surface area contributed by atoms with E-state index in [1.54, 1.807) is 6.20 Å². The highest BCUT2D eigenvalue weighted by Gasteiger charge is 2.15. The van der Waals surface area contributed by atoms with Gasteiger partial charge in [0.05, 0.1) is 53.7 Å². The molecule has 0 atom stereocenters. The summed E-state index contributed by atoms with van der Waals surface area (Å²) in [7, 11) is 0. The molecule has 4 rings (SSSR count). The Kier molecular flexibility index (Phi) is 3.80. The van der Waals surface area contributed by atoms with Crippen molar-refractivity contribution in [2.24, 2.45) is 0 Å². The number of anilines is 1. The zero-order chi connectivity index (χ0) is 15.8. The Labute approximate surface area is 142 Å². The lowest BCUT2D eigenvalue weighted by molar-refractivity contribution is 0.122. The van der Waals surface area contributed by atoms with Crippen LogP contribution in [-0.4, -0.2) is 45.9 Å². The number of morpholine rings is 1. The molecule has 1 aliphatic heterocycles. The third-order valence-electron chi connectivity index (χ3n) is 3.85. The highest BCUT2D eigenvalue weighted by atomic mass is 35.5. The van der Waals surface area contributed by atoms with Crippen molar-refractivity contribution in [3.8, 4) is 11.3 Å². The molecule has 0 bridgehead atoms. The SMILES string of the molecule is Clc1ncc(Cl)c(-c2cnn3cc(N4CCOCC4)ccc23)n1. The summed E-state index contributed by atoms with van der Waals surface area (Å²) < 4.78 is 7.22. The summed E-state index contributed by atoms with van der Waals surface area (Å²) in [6, 6.07) is 4.09. The van der Waals surface area contributed by atoms with Crippen molar-refractivity contribution in [3.05, 3.63) is 41.0 Å². The van der Waals surface area contributed by atoms with Gasteiger partial charge in [-0.3, -0.25) is 0 Å². The van der Waals surface area contributed by atoms with Gasteiger partial charge in [-0.2, -0.15) is 5.10 Å². The second-order valence-corrected chi connectivity index (χ2v) is 5.96. The summed E-state index contributed by atoms with van der Waals surface area (Å²) in [5, 5.41) is 5.02. The molecule has 0 N–H and O–H groups in total. The van der Waals surface area contributed by atoms with Crippen LogP contribution in [0.4, 0.5) is 5.69 Å². The summed E-state index contributed by atoms with van der Waals surface area (Å²) in [5.41, 5.74) is 3.44. The van der Waals surface area contributed by atoms with Crippen LogP contribution in [0.3, 0.4) is 0 Å². The molecule has 0 aliphatic carbocycles. The average molecular weight is 350 g/mol. The van der Waals surface area contributed by atoms with E-state index in [1.165, 1.54) is 6.20 Å². The fourth-order valence-electron chi connectivity index (χ4n) is 2.70. The monoisotopic (exact) mass is 349 g/mol. The van der Waals surface area contributed by atoms with Crippen molar-refractivity contribution in [1.82, 2.24) is 19.6 Å². The largest absolute Gasteiger partial charge is 0.378 e. The minimum atomic E-state index is 0.161. The maximum absolute atomic E-state index is 6.20. The summed E-state index contributed by atoms with van der Waals surface area (Å²) in [6.07, 6.45) is 5.24. The van der Waals surface area contributed by atoms with Gasteiger partial charge in [-0.05, 0) is 23.7 Å². The van der Waals surface area contributed by atoms with E-state index in [0.29, 0.717) is 10.7 Å². The number of hydrogen-bond donors (Lipinski definition) is 0. The predicted molar refractivity (Wildman–Crippen MR) is 89.3 cm³/mol. The molecule has 0 saturated carbocycles. The Balaban J connectivity index is 1.77. The van der Waals surface area contributed by atoms with Crippen molar-refractivity contribution in [2.75, 3.05) is 31.2 Å². The molecule has 0 amide bonds. The maximum Gasteiger partial charge on any atom is 0.222 e. The van der Waals surface area contributed by atoms with Gasteiger partial charge in [0.2, 0.25) is 5.28 Å². The minimum Gasteiger partial charge on any atom is -0.378 e. The van der Waals surface area contributed by atoms with Crippen LogP contribution in [0.5, 0.6) is 0 Å². The zero-order valence-corrected chi connectivity index (χ0v) is 13.6. The van der Waals surface area contributed by atoms with Crippen LogP contribution in [0.25, 0.3) is 16.8 Å². The number of nitrogens with zero attached hydrogens (tertiary/aromatic N) is 5. The van der Waals surface area contributed by atoms with Crippen LogP contribution in [0.1, 0.15) is 0 Å². The summed E-state index contributed by atoms with van der Waals surface area (Å²) in [4.78, 5) is 10.4. The highest BCUT2D eigenvalue weighted by Crippen LogP contribution is 2.30. The molecule has 118 valence electrons. The van der Waals surface area contributed by atoms with E-state index >= 15 is 0 Å². The molecular formula is C15H13Cl2N5O. The number of halogens is 2. The van der Waals surface area contributed by atoms with Gasteiger partial charge < -0.3 is 9.64 Å².